The highest BCUT2D eigenvalue weighted by Crippen LogP contribution is 2.36. The number of nitrogens with zero attached hydrogens (tertiary/aromatic N) is 4. The van der Waals surface area contributed by atoms with Crippen LogP contribution < -0.4 is 11.1 Å². The summed E-state index contributed by atoms with van der Waals surface area (Å²) < 4.78 is 2.74. The number of nitriles is 1. The van der Waals surface area contributed by atoms with E-state index in [4.69, 9.17) is 5.73 Å². The zero-order chi connectivity index (χ0) is 22.0. The lowest BCUT2D eigenvalue weighted by atomic mass is 9.84. The van der Waals surface area contributed by atoms with Crippen LogP contribution in [0.15, 0.2) is 34.9 Å². The van der Waals surface area contributed by atoms with Crippen molar-refractivity contribution in [1.82, 2.24) is 14.7 Å². The molecule has 3 N–H and O–H groups in total. The number of halogens is 1. The predicted molar refractivity (Wildman–Crippen MR) is 119 cm³/mol. The number of nitrogens with one attached hydrogen (secondary N) is 1. The highest BCUT2D eigenvalue weighted by Gasteiger charge is 2.39. The monoisotopic (exact) mass is 484 g/mol. The Labute approximate surface area is 189 Å². The molecule has 1 saturated heterocycles. The third kappa shape index (κ3) is 4.81. The molecule has 1 aromatic heterocycles. The minimum absolute atomic E-state index is 0.0132. The summed E-state index contributed by atoms with van der Waals surface area (Å²) >= 11 is 3.46. The molecule has 9 heteroatoms. The molecule has 1 aliphatic heterocycles. The minimum Gasteiger partial charge on any atom is -0.365 e. The molecule has 0 atom stereocenters. The van der Waals surface area contributed by atoms with Crippen molar-refractivity contribution in [2.45, 2.75) is 44.2 Å². The quantitative estimate of drug-likeness (QED) is 0.626. The summed E-state index contributed by atoms with van der Waals surface area (Å²) in [5.74, 6) is -0.594. The van der Waals surface area contributed by atoms with Gasteiger partial charge in [0.2, 0.25) is 5.91 Å². The molecule has 4 rings (SSSR count). The molecule has 8 nitrogen and oxygen atoms in total. The molecular formula is C22H25BrN6O2. The second-order valence-electron chi connectivity index (χ2n) is 8.43. The van der Waals surface area contributed by atoms with Gasteiger partial charge in [0.05, 0.1) is 18.0 Å². The standard InChI is InChI=1S/C22H25BrN6O2/c23-17-5-1-15(2-6-17)13-28-11-8-22(7-10-24,9-12-28)29-14-18(19(25)30)20(27-29)26-21(31)16-3-4-16/h1-2,5-6,14,16H,3-4,7-9,11-13H2,(H2,25,30)(H,26,27,31). The van der Waals surface area contributed by atoms with Crippen molar-refractivity contribution >= 4 is 33.6 Å². The zero-order valence-electron chi connectivity index (χ0n) is 17.2. The number of carbonyl (C=O) groups is 2. The van der Waals surface area contributed by atoms with Gasteiger partial charge in [0.25, 0.3) is 5.91 Å². The zero-order valence-corrected chi connectivity index (χ0v) is 18.8. The maximum atomic E-state index is 12.2. The molecule has 0 bridgehead atoms. The SMILES string of the molecule is N#CCC1(n2cc(C(N)=O)c(NC(=O)C3CC3)n2)CCN(Cc2ccc(Br)cc2)CC1. The van der Waals surface area contributed by atoms with Crippen LogP contribution >= 0.6 is 15.9 Å². The highest BCUT2D eigenvalue weighted by molar-refractivity contribution is 9.10. The lowest BCUT2D eigenvalue weighted by molar-refractivity contribution is -0.117. The first-order valence-corrected chi connectivity index (χ1v) is 11.2. The molecule has 1 aliphatic carbocycles. The smallest absolute Gasteiger partial charge is 0.254 e. The van der Waals surface area contributed by atoms with E-state index in [1.165, 1.54) is 5.56 Å². The van der Waals surface area contributed by atoms with Crippen LogP contribution in [-0.4, -0.2) is 39.6 Å². The van der Waals surface area contributed by atoms with Crippen molar-refractivity contribution in [3.8, 4) is 6.07 Å². The van der Waals surface area contributed by atoms with Crippen LogP contribution in [0.3, 0.4) is 0 Å². The first-order valence-electron chi connectivity index (χ1n) is 10.4. The summed E-state index contributed by atoms with van der Waals surface area (Å²) in [5.41, 5.74) is 6.43. The summed E-state index contributed by atoms with van der Waals surface area (Å²) in [7, 11) is 0. The van der Waals surface area contributed by atoms with Crippen molar-refractivity contribution in [3.05, 3.63) is 46.1 Å². The van der Waals surface area contributed by atoms with Crippen LogP contribution in [0.5, 0.6) is 0 Å². The molecule has 1 aromatic carbocycles. The van der Waals surface area contributed by atoms with Gasteiger partial charge in [0, 0.05) is 36.2 Å². The summed E-state index contributed by atoms with van der Waals surface area (Å²) in [6.07, 6.45) is 5.00. The van der Waals surface area contributed by atoms with Gasteiger partial charge in [-0.1, -0.05) is 28.1 Å². The molecule has 162 valence electrons. The highest BCUT2D eigenvalue weighted by atomic mass is 79.9. The van der Waals surface area contributed by atoms with E-state index in [9.17, 15) is 14.9 Å². The number of rotatable bonds is 7. The Morgan fingerprint density at radius 3 is 2.52 bits per heavy atom. The van der Waals surface area contributed by atoms with Crippen molar-refractivity contribution in [1.29, 1.82) is 5.26 Å². The van der Waals surface area contributed by atoms with E-state index in [0.29, 0.717) is 12.8 Å². The Hall–Kier alpha value is -2.70. The van der Waals surface area contributed by atoms with E-state index in [0.717, 1.165) is 36.9 Å². The summed E-state index contributed by atoms with van der Waals surface area (Å²) in [6, 6.07) is 10.6. The molecular weight excluding hydrogens is 460 g/mol. The van der Waals surface area contributed by atoms with Gasteiger partial charge in [-0.05, 0) is 43.4 Å². The Morgan fingerprint density at radius 1 is 1.26 bits per heavy atom. The van der Waals surface area contributed by atoms with Crippen LogP contribution in [0.2, 0.25) is 0 Å². The molecule has 2 fully saturated rings. The predicted octanol–water partition coefficient (Wildman–Crippen LogP) is 3.00. The molecule has 31 heavy (non-hydrogen) atoms. The summed E-state index contributed by atoms with van der Waals surface area (Å²) in [5, 5.41) is 16.8. The number of aromatic nitrogens is 2. The Morgan fingerprint density at radius 2 is 1.94 bits per heavy atom. The second-order valence-corrected chi connectivity index (χ2v) is 9.34. The molecule has 2 aromatic rings. The molecule has 0 spiro atoms. The van der Waals surface area contributed by atoms with Gasteiger partial charge in [-0.3, -0.25) is 19.2 Å². The number of benzene rings is 1. The van der Waals surface area contributed by atoms with Gasteiger partial charge in [-0.2, -0.15) is 10.4 Å². The van der Waals surface area contributed by atoms with Crippen LogP contribution in [0, 0.1) is 17.2 Å². The van der Waals surface area contributed by atoms with E-state index < -0.39 is 11.4 Å². The Bertz CT molecular complexity index is 1010. The fraction of sp³-hybridized carbons (Fsp3) is 0.455. The van der Waals surface area contributed by atoms with Crippen LogP contribution in [0.4, 0.5) is 5.82 Å². The lowest BCUT2D eigenvalue weighted by Crippen LogP contribution is -2.46. The maximum absolute atomic E-state index is 12.2. The van der Waals surface area contributed by atoms with Crippen LogP contribution in [-0.2, 0) is 16.9 Å². The minimum atomic E-state index is -0.642. The van der Waals surface area contributed by atoms with Gasteiger partial charge in [0.1, 0.15) is 5.56 Å². The summed E-state index contributed by atoms with van der Waals surface area (Å²) in [6.45, 7) is 2.44. The van der Waals surface area contributed by atoms with Gasteiger partial charge in [0.15, 0.2) is 5.82 Å². The van der Waals surface area contributed by atoms with Gasteiger partial charge < -0.3 is 11.1 Å². The summed E-state index contributed by atoms with van der Waals surface area (Å²) in [4.78, 5) is 26.5. The van der Waals surface area contributed by atoms with E-state index in [-0.39, 0.29) is 29.6 Å². The molecule has 2 heterocycles. The van der Waals surface area contributed by atoms with Crippen LogP contribution in [0.25, 0.3) is 0 Å². The van der Waals surface area contributed by atoms with E-state index in [1.807, 2.05) is 12.1 Å². The normalized spacial score (nSPS) is 18.3. The molecule has 2 amide bonds. The third-order valence-corrected chi connectivity index (χ3v) is 6.70. The number of hydrogen-bond donors (Lipinski definition) is 2. The third-order valence-electron chi connectivity index (χ3n) is 6.17. The lowest BCUT2D eigenvalue weighted by Gasteiger charge is -2.40. The number of amides is 2. The van der Waals surface area contributed by atoms with Crippen molar-refractivity contribution in [2.75, 3.05) is 18.4 Å². The fourth-order valence-electron chi connectivity index (χ4n) is 4.06. The first kappa shape index (κ1) is 21.5. The maximum Gasteiger partial charge on any atom is 0.254 e. The number of likely N-dealkylation sites (tertiary alicyclic amines) is 1. The second kappa shape index (κ2) is 8.81. The number of carbonyl (C=O) groups excluding carboxylic acids is 2. The number of anilines is 1. The van der Waals surface area contributed by atoms with Gasteiger partial charge in [-0.15, -0.1) is 0 Å². The average molecular weight is 485 g/mol. The molecule has 0 unspecified atom stereocenters. The first-order chi connectivity index (χ1) is 14.9. The number of hydrogen-bond acceptors (Lipinski definition) is 5. The average Bonchev–Trinajstić information content (AvgIpc) is 3.51. The van der Waals surface area contributed by atoms with E-state index >= 15 is 0 Å². The molecule has 1 saturated carbocycles. The van der Waals surface area contributed by atoms with E-state index in [1.54, 1.807) is 10.9 Å². The Balaban J connectivity index is 1.51. The Kier molecular flexibility index (Phi) is 6.12. The number of nitrogens with two attached hydrogens (primary N) is 1. The van der Waals surface area contributed by atoms with Crippen molar-refractivity contribution < 1.29 is 9.59 Å². The fourth-order valence-corrected chi connectivity index (χ4v) is 4.33. The number of piperidine rings is 1. The van der Waals surface area contributed by atoms with Gasteiger partial charge >= 0.3 is 0 Å². The topological polar surface area (TPSA) is 117 Å². The number of primary amides is 1. The molecule has 2 aliphatic rings. The van der Waals surface area contributed by atoms with Crippen LogP contribution in [0.1, 0.15) is 48.0 Å². The van der Waals surface area contributed by atoms with Gasteiger partial charge in [-0.25, -0.2) is 0 Å². The van der Waals surface area contributed by atoms with Crippen molar-refractivity contribution in [3.63, 3.8) is 0 Å². The van der Waals surface area contributed by atoms with E-state index in [2.05, 4.69) is 49.4 Å². The molecule has 0 radical (unpaired) electrons. The van der Waals surface area contributed by atoms with Crippen molar-refractivity contribution in [2.24, 2.45) is 11.7 Å². The largest absolute Gasteiger partial charge is 0.365 e.